The largest absolute Gasteiger partial charge is 0.206 e. The van der Waals surface area contributed by atoms with Gasteiger partial charge < -0.3 is 0 Å². The molecule has 0 unspecified atom stereocenters. The van der Waals surface area contributed by atoms with Crippen molar-refractivity contribution in [3.05, 3.63) is 190 Å². The van der Waals surface area contributed by atoms with E-state index < -0.39 is 0 Å². The first kappa shape index (κ1) is 49.1. The normalized spacial score (nSPS) is 18.4. The molecule has 0 saturated heterocycles. The Morgan fingerprint density at radius 3 is 1.00 bits per heavy atom. The maximum Gasteiger partial charge on any atom is 0.131 e. The monoisotopic (exact) mass is 885 g/mol. The van der Waals surface area contributed by atoms with Crippen LogP contribution in [0.25, 0.3) is 22.3 Å². The zero-order chi connectivity index (χ0) is 46.1. The molecule has 0 radical (unpaired) electrons. The van der Waals surface area contributed by atoms with Gasteiger partial charge in [0, 0.05) is 11.1 Å². The summed E-state index contributed by atoms with van der Waals surface area (Å²) in [6.07, 6.45) is 24.0. The maximum absolute atomic E-state index is 15.0. The predicted molar refractivity (Wildman–Crippen MR) is 279 cm³/mol. The van der Waals surface area contributed by atoms with Crippen molar-refractivity contribution >= 4 is 0 Å². The summed E-state index contributed by atoms with van der Waals surface area (Å²) in [5.41, 5.74) is 14.0. The van der Waals surface area contributed by atoms with Gasteiger partial charge >= 0.3 is 0 Å². The lowest BCUT2D eigenvalue weighted by atomic mass is 9.77. The molecular weight excluding hydrogens is 807 g/mol. The summed E-state index contributed by atoms with van der Waals surface area (Å²) in [5.74, 6) is 2.63. The minimum absolute atomic E-state index is 0.0816. The Balaban J connectivity index is 0.000000197. The number of benzene rings is 6. The van der Waals surface area contributed by atoms with Crippen molar-refractivity contribution in [3.63, 3.8) is 0 Å². The minimum atomic E-state index is -0.0833. The number of unbranched alkanes of at least 4 members (excludes halogenated alkanes) is 2. The van der Waals surface area contributed by atoms with Gasteiger partial charge in [0.05, 0.1) is 0 Å². The van der Waals surface area contributed by atoms with Crippen LogP contribution in [-0.4, -0.2) is 0 Å². The summed E-state index contributed by atoms with van der Waals surface area (Å²) in [4.78, 5) is 0. The molecule has 2 aliphatic carbocycles. The van der Waals surface area contributed by atoms with Crippen LogP contribution in [-0.2, 0) is 38.5 Å². The highest BCUT2D eigenvalue weighted by Gasteiger charge is 2.23. The molecule has 66 heavy (non-hydrogen) atoms. The first-order valence-electron chi connectivity index (χ1n) is 26.2. The lowest BCUT2D eigenvalue weighted by molar-refractivity contribution is 0.318. The lowest BCUT2D eigenvalue weighted by Crippen LogP contribution is -2.12. The van der Waals surface area contributed by atoms with Crippen LogP contribution in [0.1, 0.15) is 174 Å². The molecule has 2 fully saturated rings. The quantitative estimate of drug-likeness (QED) is 0.0755. The van der Waals surface area contributed by atoms with Gasteiger partial charge in [0.25, 0.3) is 0 Å². The van der Waals surface area contributed by atoms with Crippen molar-refractivity contribution in [1.29, 1.82) is 0 Å². The number of halogens is 2. The van der Waals surface area contributed by atoms with Crippen molar-refractivity contribution in [2.45, 2.75) is 168 Å². The molecule has 2 saturated carbocycles. The first-order chi connectivity index (χ1) is 32.3. The van der Waals surface area contributed by atoms with Crippen LogP contribution in [0.2, 0.25) is 0 Å². The van der Waals surface area contributed by atoms with Gasteiger partial charge in [-0.2, -0.15) is 0 Å². The first-order valence-corrected chi connectivity index (χ1v) is 26.2. The van der Waals surface area contributed by atoms with Gasteiger partial charge in [-0.15, -0.1) is 0 Å². The SMILES string of the molecule is CCCCCc1ccc(CCc2ccc(-c3ccc([C@H]4CC[C@H](CC)CC4)cc3F)cc2)cc1.CCCc1ccc(CCc2ccc(-c3ccc([C@H]4CC[C@H](CC)CC4)cc3F)cc2)cc1. The zero-order valence-electron chi connectivity index (χ0n) is 40.9. The highest BCUT2D eigenvalue weighted by molar-refractivity contribution is 5.66. The van der Waals surface area contributed by atoms with Crippen LogP contribution < -0.4 is 0 Å². The summed E-state index contributed by atoms with van der Waals surface area (Å²) in [5, 5.41) is 0. The molecule has 2 heteroatoms. The zero-order valence-corrected chi connectivity index (χ0v) is 40.9. The van der Waals surface area contributed by atoms with Crippen LogP contribution in [0.4, 0.5) is 8.78 Å². The van der Waals surface area contributed by atoms with Crippen LogP contribution in [0, 0.1) is 23.5 Å². The van der Waals surface area contributed by atoms with Crippen LogP contribution in [0.3, 0.4) is 0 Å². The summed E-state index contributed by atoms with van der Waals surface area (Å²) < 4.78 is 30.0. The van der Waals surface area contributed by atoms with Gasteiger partial charge in [0.15, 0.2) is 0 Å². The minimum Gasteiger partial charge on any atom is -0.206 e. The average molecular weight is 885 g/mol. The molecule has 0 spiro atoms. The fourth-order valence-electron chi connectivity index (χ4n) is 10.7. The van der Waals surface area contributed by atoms with Gasteiger partial charge in [-0.1, -0.05) is 181 Å². The molecule has 6 aromatic carbocycles. The summed E-state index contributed by atoms with van der Waals surface area (Å²) in [6, 6.07) is 47.0. The Morgan fingerprint density at radius 2 is 0.682 bits per heavy atom. The molecule has 348 valence electrons. The molecule has 6 aromatic rings. The van der Waals surface area contributed by atoms with E-state index in [4.69, 9.17) is 0 Å². The van der Waals surface area contributed by atoms with Gasteiger partial charge in [0.1, 0.15) is 11.6 Å². The molecular formula is C64H78F2. The second kappa shape index (κ2) is 25.4. The Hall–Kier alpha value is -4.82. The van der Waals surface area contributed by atoms with Crippen molar-refractivity contribution in [1.82, 2.24) is 0 Å². The second-order valence-electron chi connectivity index (χ2n) is 20.0. The summed E-state index contributed by atoms with van der Waals surface area (Å²) in [7, 11) is 0. The predicted octanol–water partition coefficient (Wildman–Crippen LogP) is 18.6. The smallest absolute Gasteiger partial charge is 0.131 e. The maximum atomic E-state index is 15.0. The van der Waals surface area contributed by atoms with Crippen LogP contribution >= 0.6 is 0 Å². The van der Waals surface area contributed by atoms with Gasteiger partial charge in [-0.3, -0.25) is 0 Å². The molecule has 0 atom stereocenters. The van der Waals surface area contributed by atoms with Crippen LogP contribution in [0.5, 0.6) is 0 Å². The average Bonchev–Trinajstić information content (AvgIpc) is 3.37. The Labute approximate surface area is 398 Å². The molecule has 0 aliphatic heterocycles. The van der Waals surface area contributed by atoms with E-state index in [0.29, 0.717) is 17.4 Å². The molecule has 0 aromatic heterocycles. The number of aryl methyl sites for hydroxylation is 6. The molecule has 0 nitrogen and oxygen atoms in total. The van der Waals surface area contributed by atoms with E-state index in [2.05, 4.69) is 137 Å². The van der Waals surface area contributed by atoms with Gasteiger partial charge in [-0.05, 0) is 188 Å². The van der Waals surface area contributed by atoms with Crippen molar-refractivity contribution in [3.8, 4) is 22.3 Å². The third-order valence-electron chi connectivity index (χ3n) is 15.4. The van der Waals surface area contributed by atoms with E-state index in [0.717, 1.165) is 60.6 Å². The number of hydrogen-bond acceptors (Lipinski definition) is 0. The highest BCUT2D eigenvalue weighted by Crippen LogP contribution is 2.40. The van der Waals surface area contributed by atoms with E-state index in [-0.39, 0.29) is 11.6 Å². The molecule has 8 rings (SSSR count). The van der Waals surface area contributed by atoms with Crippen molar-refractivity contribution in [2.24, 2.45) is 11.8 Å². The fraction of sp³-hybridized carbons (Fsp3) is 0.438. The third kappa shape index (κ3) is 14.1. The topological polar surface area (TPSA) is 0 Å². The van der Waals surface area contributed by atoms with E-state index >= 15 is 4.39 Å². The highest BCUT2D eigenvalue weighted by atomic mass is 19.1. The summed E-state index contributed by atoms with van der Waals surface area (Å²) >= 11 is 0. The number of rotatable bonds is 18. The number of hydrogen-bond donors (Lipinski definition) is 0. The van der Waals surface area contributed by atoms with Crippen LogP contribution in [0.15, 0.2) is 133 Å². The van der Waals surface area contributed by atoms with Gasteiger partial charge in [-0.25, -0.2) is 8.78 Å². The van der Waals surface area contributed by atoms with E-state index in [9.17, 15) is 4.39 Å². The van der Waals surface area contributed by atoms with Gasteiger partial charge in [0.2, 0.25) is 0 Å². The second-order valence-corrected chi connectivity index (χ2v) is 20.0. The standard InChI is InChI=1S/C33H41F.C31H37F/c1-3-5-6-7-26-8-10-27(11-9-26)12-13-28-16-20-30(21-17-28)32-23-22-31(24-33(32)34)29-18-14-25(4-2)15-19-29;1-3-5-24-6-8-25(9-7-24)10-11-26-14-18-28(19-15-26)30-21-20-29(22-31(30)32)27-16-12-23(4-2)13-17-27/h8-11,16-17,20-25,29H,3-7,12-15,18-19H2,1-2H3;6-9,14-15,18-23,27H,3-5,10-13,16-17H2,1-2H3/t25-,29-;23-,27-. The van der Waals surface area contributed by atoms with E-state index in [1.54, 1.807) is 12.1 Å². The molecule has 0 N–H and O–H groups in total. The fourth-order valence-corrected chi connectivity index (χ4v) is 10.7. The lowest BCUT2D eigenvalue weighted by Gasteiger charge is -2.28. The summed E-state index contributed by atoms with van der Waals surface area (Å²) in [6.45, 7) is 9.05. The van der Waals surface area contributed by atoms with E-state index in [1.807, 2.05) is 12.1 Å². The Bertz CT molecular complexity index is 2320. The molecule has 0 heterocycles. The Kier molecular flexibility index (Phi) is 18.9. The van der Waals surface area contributed by atoms with E-state index in [1.165, 1.54) is 141 Å². The molecule has 2 aliphatic rings. The third-order valence-corrected chi connectivity index (χ3v) is 15.4. The Morgan fingerprint density at radius 1 is 0.348 bits per heavy atom. The molecule has 0 bridgehead atoms. The molecule has 0 amide bonds. The van der Waals surface area contributed by atoms with Crippen molar-refractivity contribution < 1.29 is 8.78 Å². The van der Waals surface area contributed by atoms with Crippen molar-refractivity contribution in [2.75, 3.05) is 0 Å².